The van der Waals surface area contributed by atoms with Crippen molar-refractivity contribution in [1.82, 2.24) is 0 Å². The fraction of sp³-hybridized carbons (Fsp3) is 0.278. The minimum atomic E-state index is -1.23. The summed E-state index contributed by atoms with van der Waals surface area (Å²) in [6.07, 6.45) is 0.950. The van der Waals surface area contributed by atoms with Gasteiger partial charge in [-0.3, -0.25) is 0 Å². The van der Waals surface area contributed by atoms with Crippen molar-refractivity contribution >= 4 is 11.7 Å². The maximum absolute atomic E-state index is 11.0. The van der Waals surface area contributed by atoms with Crippen LogP contribution in [0.25, 0.3) is 0 Å². The number of hydrogen-bond acceptors (Lipinski definition) is 3. The van der Waals surface area contributed by atoms with Gasteiger partial charge < -0.3 is 15.2 Å². The Morgan fingerprint density at radius 2 is 1.73 bits per heavy atom. The molecule has 0 unspecified atom stereocenters. The lowest BCUT2D eigenvalue weighted by Crippen LogP contribution is -2.37. The lowest BCUT2D eigenvalue weighted by atomic mass is 10.1. The number of carboxylic acids is 1. The highest BCUT2D eigenvalue weighted by Crippen LogP contribution is 2.21. The van der Waals surface area contributed by atoms with Gasteiger partial charge in [0.1, 0.15) is 5.75 Å². The Hall–Kier alpha value is -2.49. The summed E-state index contributed by atoms with van der Waals surface area (Å²) in [6.45, 7) is 3.90. The van der Waals surface area contributed by atoms with Crippen LogP contribution in [-0.2, 0) is 11.2 Å². The fourth-order valence-corrected chi connectivity index (χ4v) is 1.97. The second kappa shape index (κ2) is 6.98. The molecule has 2 aromatic carbocycles. The van der Waals surface area contributed by atoms with Crippen LogP contribution in [0.2, 0.25) is 0 Å². The zero-order valence-corrected chi connectivity index (χ0v) is 12.9. The van der Waals surface area contributed by atoms with Crippen LogP contribution >= 0.6 is 0 Å². The number of carboxylic acid groups (broad SMARTS) is 1. The average Bonchev–Trinajstić information content (AvgIpc) is 2.50. The van der Waals surface area contributed by atoms with E-state index in [1.807, 2.05) is 30.3 Å². The van der Waals surface area contributed by atoms with Gasteiger partial charge in [0.2, 0.25) is 0 Å². The normalized spacial score (nSPS) is 11.0. The molecule has 0 spiro atoms. The summed E-state index contributed by atoms with van der Waals surface area (Å²) in [6, 6.07) is 17.6. The minimum absolute atomic E-state index is 0.543. The summed E-state index contributed by atoms with van der Waals surface area (Å²) >= 11 is 0. The van der Waals surface area contributed by atoms with Gasteiger partial charge in [-0.05, 0) is 50.1 Å². The highest BCUT2D eigenvalue weighted by molar-refractivity contribution is 5.76. The van der Waals surface area contributed by atoms with Gasteiger partial charge in [0.15, 0.2) is 5.60 Å². The molecule has 0 aliphatic carbocycles. The Labute approximate surface area is 130 Å². The highest BCUT2D eigenvalue weighted by Gasteiger charge is 2.29. The highest BCUT2D eigenvalue weighted by atomic mass is 16.5. The second-order valence-electron chi connectivity index (χ2n) is 5.60. The van der Waals surface area contributed by atoms with E-state index >= 15 is 0 Å². The maximum atomic E-state index is 11.0. The van der Waals surface area contributed by atoms with Gasteiger partial charge in [0.05, 0.1) is 0 Å². The van der Waals surface area contributed by atoms with Crippen molar-refractivity contribution in [3.63, 3.8) is 0 Å². The molecule has 0 saturated heterocycles. The van der Waals surface area contributed by atoms with Gasteiger partial charge in [-0.15, -0.1) is 0 Å². The Balaban J connectivity index is 1.85. The summed E-state index contributed by atoms with van der Waals surface area (Å²) in [5.74, 6) is -0.446. The number of hydrogen-bond donors (Lipinski definition) is 2. The Morgan fingerprint density at radius 1 is 1.09 bits per heavy atom. The van der Waals surface area contributed by atoms with Gasteiger partial charge in [0.25, 0.3) is 0 Å². The smallest absolute Gasteiger partial charge is 0.347 e. The van der Waals surface area contributed by atoms with Crippen LogP contribution in [0.15, 0.2) is 54.6 Å². The molecule has 0 heterocycles. The zero-order valence-electron chi connectivity index (χ0n) is 12.9. The number of rotatable bonds is 7. The number of ether oxygens (including phenoxy) is 1. The molecular weight excluding hydrogens is 278 g/mol. The Bertz CT molecular complexity index is 606. The van der Waals surface area contributed by atoms with E-state index in [1.54, 1.807) is 12.1 Å². The van der Waals surface area contributed by atoms with Crippen LogP contribution in [0.3, 0.4) is 0 Å². The second-order valence-corrected chi connectivity index (χ2v) is 5.60. The molecule has 2 aromatic rings. The van der Waals surface area contributed by atoms with Gasteiger partial charge in [-0.2, -0.15) is 0 Å². The molecule has 116 valence electrons. The zero-order chi connectivity index (χ0) is 16.0. The molecule has 0 fully saturated rings. The van der Waals surface area contributed by atoms with Crippen molar-refractivity contribution in [3.05, 3.63) is 60.2 Å². The molecule has 0 atom stereocenters. The van der Waals surface area contributed by atoms with Crippen LogP contribution in [0.1, 0.15) is 19.4 Å². The predicted octanol–water partition coefficient (Wildman–Crippen LogP) is 3.58. The first-order valence-corrected chi connectivity index (χ1v) is 7.28. The summed E-state index contributed by atoms with van der Waals surface area (Å²) in [7, 11) is 0. The standard InChI is InChI=1S/C18H21NO3/c1-18(2,17(20)21)22-16-10-8-15(9-11-16)19-13-12-14-6-4-3-5-7-14/h3-11,19H,12-13H2,1-2H3,(H,20,21). The van der Waals surface area contributed by atoms with Crippen molar-refractivity contribution < 1.29 is 14.6 Å². The van der Waals surface area contributed by atoms with E-state index < -0.39 is 11.6 Å². The summed E-state index contributed by atoms with van der Waals surface area (Å²) in [5.41, 5.74) is 1.04. The molecule has 4 nitrogen and oxygen atoms in total. The van der Waals surface area contributed by atoms with Crippen LogP contribution in [0.5, 0.6) is 5.75 Å². The van der Waals surface area contributed by atoms with E-state index in [1.165, 1.54) is 19.4 Å². The largest absolute Gasteiger partial charge is 0.478 e. The van der Waals surface area contributed by atoms with Gasteiger partial charge >= 0.3 is 5.97 Å². The van der Waals surface area contributed by atoms with Crippen molar-refractivity contribution in [2.24, 2.45) is 0 Å². The summed E-state index contributed by atoms with van der Waals surface area (Å²) in [5, 5.41) is 12.4. The number of anilines is 1. The molecule has 4 heteroatoms. The van der Waals surface area contributed by atoms with Crippen LogP contribution in [0, 0.1) is 0 Å². The van der Waals surface area contributed by atoms with Crippen LogP contribution < -0.4 is 10.1 Å². The number of aliphatic carboxylic acids is 1. The minimum Gasteiger partial charge on any atom is -0.478 e. The van der Waals surface area contributed by atoms with Gasteiger partial charge in [0, 0.05) is 12.2 Å². The van der Waals surface area contributed by atoms with E-state index in [0.717, 1.165) is 18.7 Å². The van der Waals surface area contributed by atoms with E-state index in [2.05, 4.69) is 17.4 Å². The van der Waals surface area contributed by atoms with E-state index in [0.29, 0.717) is 5.75 Å². The van der Waals surface area contributed by atoms with Gasteiger partial charge in [-0.25, -0.2) is 4.79 Å². The molecule has 22 heavy (non-hydrogen) atoms. The monoisotopic (exact) mass is 299 g/mol. The molecule has 2 N–H and O–H groups in total. The molecule has 0 bridgehead atoms. The fourth-order valence-electron chi connectivity index (χ4n) is 1.97. The van der Waals surface area contributed by atoms with Crippen molar-refractivity contribution in [2.45, 2.75) is 25.9 Å². The third-order valence-electron chi connectivity index (χ3n) is 3.33. The van der Waals surface area contributed by atoms with Crippen molar-refractivity contribution in [2.75, 3.05) is 11.9 Å². The van der Waals surface area contributed by atoms with Crippen LogP contribution in [-0.4, -0.2) is 23.2 Å². The third kappa shape index (κ3) is 4.52. The molecule has 0 aromatic heterocycles. The first-order chi connectivity index (χ1) is 10.5. The molecule has 0 radical (unpaired) electrons. The lowest BCUT2D eigenvalue weighted by molar-refractivity contribution is -0.152. The predicted molar refractivity (Wildman–Crippen MR) is 87.4 cm³/mol. The Morgan fingerprint density at radius 3 is 2.32 bits per heavy atom. The van der Waals surface area contributed by atoms with Gasteiger partial charge in [-0.1, -0.05) is 30.3 Å². The SMILES string of the molecule is CC(C)(Oc1ccc(NCCc2ccccc2)cc1)C(=O)O. The van der Waals surface area contributed by atoms with E-state index in [-0.39, 0.29) is 0 Å². The molecule has 0 amide bonds. The first-order valence-electron chi connectivity index (χ1n) is 7.28. The maximum Gasteiger partial charge on any atom is 0.347 e. The lowest BCUT2D eigenvalue weighted by Gasteiger charge is -2.21. The molecule has 0 saturated carbocycles. The number of benzene rings is 2. The molecular formula is C18H21NO3. The number of nitrogens with one attached hydrogen (secondary N) is 1. The third-order valence-corrected chi connectivity index (χ3v) is 3.33. The average molecular weight is 299 g/mol. The molecule has 0 aliphatic rings. The molecule has 2 rings (SSSR count). The molecule has 0 aliphatic heterocycles. The number of carbonyl (C=O) groups is 1. The van der Waals surface area contributed by atoms with Crippen LogP contribution in [0.4, 0.5) is 5.69 Å². The Kier molecular flexibility index (Phi) is 5.04. The van der Waals surface area contributed by atoms with Crippen molar-refractivity contribution in [3.8, 4) is 5.75 Å². The summed E-state index contributed by atoms with van der Waals surface area (Å²) in [4.78, 5) is 11.0. The summed E-state index contributed by atoms with van der Waals surface area (Å²) < 4.78 is 5.46. The first kappa shape index (κ1) is 15.9. The van der Waals surface area contributed by atoms with E-state index in [9.17, 15) is 4.79 Å². The topological polar surface area (TPSA) is 58.6 Å². The quantitative estimate of drug-likeness (QED) is 0.820. The van der Waals surface area contributed by atoms with Crippen molar-refractivity contribution in [1.29, 1.82) is 0 Å². The van der Waals surface area contributed by atoms with E-state index in [4.69, 9.17) is 9.84 Å².